The molecule has 24 heavy (non-hydrogen) atoms. The number of carbonyl (C=O) groups excluding carboxylic acids is 1. The molecule has 2 aromatic rings. The number of ether oxygens (including phenoxy) is 1. The molecule has 0 atom stereocenters. The molecule has 0 radical (unpaired) electrons. The van der Waals surface area contributed by atoms with E-state index in [1.165, 1.54) is 33.3 Å². The van der Waals surface area contributed by atoms with Gasteiger partial charge in [-0.2, -0.15) is 0 Å². The van der Waals surface area contributed by atoms with E-state index in [0.717, 1.165) is 9.87 Å². The number of rotatable bonds is 5. The number of hydrogen-bond acceptors (Lipinski definition) is 4. The molecule has 128 valence electrons. The zero-order chi connectivity index (χ0) is 17.9. The predicted octanol–water partition coefficient (Wildman–Crippen LogP) is 2.51. The third-order valence-corrected chi connectivity index (χ3v) is 5.30. The maximum atomic E-state index is 12.4. The summed E-state index contributed by atoms with van der Waals surface area (Å²) in [5, 5.41) is 2.71. The molecule has 1 amide bonds. The van der Waals surface area contributed by atoms with E-state index in [1.54, 1.807) is 24.3 Å². The first-order valence-corrected chi connectivity index (χ1v) is 8.68. The number of nitrogens with one attached hydrogen (secondary N) is 1. The summed E-state index contributed by atoms with van der Waals surface area (Å²) in [7, 11) is 0.580. The number of sulfonamides is 1. The van der Waals surface area contributed by atoms with Crippen molar-refractivity contribution in [2.24, 2.45) is 0 Å². The topological polar surface area (TPSA) is 75.7 Å². The van der Waals surface area contributed by atoms with Crippen molar-refractivity contribution in [2.75, 3.05) is 26.5 Å². The standard InChI is InChI=1S/C17H20N2O4S/c1-12-6-5-7-13(10-12)17(20)18-14-8-9-15(23-4)16(11-14)24(21,22)19(2)3/h5-11H,1-4H3,(H,18,20). The van der Waals surface area contributed by atoms with Gasteiger partial charge < -0.3 is 10.1 Å². The van der Waals surface area contributed by atoms with Gasteiger partial charge in [0.15, 0.2) is 0 Å². The van der Waals surface area contributed by atoms with Crippen molar-refractivity contribution in [3.63, 3.8) is 0 Å². The fourth-order valence-corrected chi connectivity index (χ4v) is 3.22. The van der Waals surface area contributed by atoms with Crippen LogP contribution in [0.15, 0.2) is 47.4 Å². The molecular formula is C17H20N2O4S. The Morgan fingerprint density at radius 1 is 1.12 bits per heavy atom. The zero-order valence-corrected chi connectivity index (χ0v) is 14.8. The highest BCUT2D eigenvalue weighted by molar-refractivity contribution is 7.89. The molecule has 0 aliphatic rings. The van der Waals surface area contributed by atoms with Crippen LogP contribution >= 0.6 is 0 Å². The molecule has 0 aliphatic heterocycles. The van der Waals surface area contributed by atoms with Crippen LogP contribution in [-0.2, 0) is 10.0 Å². The minimum absolute atomic E-state index is 0.00274. The van der Waals surface area contributed by atoms with Gasteiger partial charge in [-0.05, 0) is 37.3 Å². The summed E-state index contributed by atoms with van der Waals surface area (Å²) >= 11 is 0. The Balaban J connectivity index is 2.37. The van der Waals surface area contributed by atoms with Crippen molar-refractivity contribution >= 4 is 21.6 Å². The van der Waals surface area contributed by atoms with Gasteiger partial charge in [-0.15, -0.1) is 0 Å². The first-order valence-electron chi connectivity index (χ1n) is 7.24. The second kappa shape index (κ2) is 7.02. The Morgan fingerprint density at radius 3 is 2.42 bits per heavy atom. The van der Waals surface area contributed by atoms with Crippen molar-refractivity contribution < 1.29 is 17.9 Å². The zero-order valence-electron chi connectivity index (χ0n) is 14.0. The minimum Gasteiger partial charge on any atom is -0.495 e. The summed E-state index contributed by atoms with van der Waals surface area (Å²) in [6.07, 6.45) is 0. The van der Waals surface area contributed by atoms with Gasteiger partial charge in [0.05, 0.1) is 7.11 Å². The van der Waals surface area contributed by atoms with Gasteiger partial charge in [0, 0.05) is 25.3 Å². The van der Waals surface area contributed by atoms with Crippen molar-refractivity contribution in [3.8, 4) is 5.75 Å². The molecular weight excluding hydrogens is 328 g/mol. The summed E-state index contributed by atoms with van der Waals surface area (Å²) < 4.78 is 31.0. The number of carbonyl (C=O) groups is 1. The molecule has 1 N–H and O–H groups in total. The molecule has 2 rings (SSSR count). The van der Waals surface area contributed by atoms with Gasteiger partial charge in [0.25, 0.3) is 5.91 Å². The average Bonchev–Trinajstić information content (AvgIpc) is 2.54. The third kappa shape index (κ3) is 3.74. The first-order chi connectivity index (χ1) is 11.3. The van der Waals surface area contributed by atoms with Gasteiger partial charge in [0.1, 0.15) is 10.6 Å². The van der Waals surface area contributed by atoms with E-state index in [4.69, 9.17) is 4.74 Å². The summed E-state index contributed by atoms with van der Waals surface area (Å²) in [5.74, 6) is -0.0886. The van der Waals surface area contributed by atoms with Crippen molar-refractivity contribution in [3.05, 3.63) is 53.6 Å². The van der Waals surface area contributed by atoms with E-state index < -0.39 is 10.0 Å². The highest BCUT2D eigenvalue weighted by Crippen LogP contribution is 2.29. The maximum Gasteiger partial charge on any atom is 0.255 e. The second-order valence-electron chi connectivity index (χ2n) is 5.48. The van der Waals surface area contributed by atoms with Crippen LogP contribution in [0.1, 0.15) is 15.9 Å². The summed E-state index contributed by atoms with van der Waals surface area (Å²) in [6, 6.07) is 11.6. The molecule has 6 nitrogen and oxygen atoms in total. The molecule has 0 bridgehead atoms. The lowest BCUT2D eigenvalue weighted by Crippen LogP contribution is -2.23. The van der Waals surface area contributed by atoms with E-state index in [9.17, 15) is 13.2 Å². The van der Waals surface area contributed by atoms with Crippen molar-refractivity contribution in [2.45, 2.75) is 11.8 Å². The minimum atomic E-state index is -3.69. The van der Waals surface area contributed by atoms with Crippen molar-refractivity contribution in [1.82, 2.24) is 4.31 Å². The number of hydrogen-bond donors (Lipinski definition) is 1. The fraction of sp³-hybridized carbons (Fsp3) is 0.235. The lowest BCUT2D eigenvalue weighted by Gasteiger charge is -2.16. The molecule has 0 saturated carbocycles. The summed E-state index contributed by atoms with van der Waals surface area (Å²) in [6.45, 7) is 1.89. The van der Waals surface area contributed by atoms with Crippen LogP contribution in [0.25, 0.3) is 0 Å². The highest BCUT2D eigenvalue weighted by Gasteiger charge is 2.23. The summed E-state index contributed by atoms with van der Waals surface area (Å²) in [4.78, 5) is 12.3. The Kier molecular flexibility index (Phi) is 5.26. The summed E-state index contributed by atoms with van der Waals surface area (Å²) in [5.41, 5.74) is 1.85. The smallest absolute Gasteiger partial charge is 0.255 e. The Labute approximate surface area is 142 Å². The molecule has 2 aromatic carbocycles. The molecule has 0 spiro atoms. The molecule has 0 aliphatic carbocycles. The SMILES string of the molecule is COc1ccc(NC(=O)c2cccc(C)c2)cc1S(=O)(=O)N(C)C. The monoisotopic (exact) mass is 348 g/mol. The predicted molar refractivity (Wildman–Crippen MR) is 93.0 cm³/mol. The highest BCUT2D eigenvalue weighted by atomic mass is 32.2. The lowest BCUT2D eigenvalue weighted by atomic mass is 10.1. The van der Waals surface area contributed by atoms with Gasteiger partial charge in [-0.3, -0.25) is 4.79 Å². The number of amides is 1. The average molecular weight is 348 g/mol. The first kappa shape index (κ1) is 18.0. The van der Waals surface area contributed by atoms with Crippen LogP contribution in [0.4, 0.5) is 5.69 Å². The fourth-order valence-electron chi connectivity index (χ4n) is 2.14. The third-order valence-electron chi connectivity index (χ3n) is 3.46. The van der Waals surface area contributed by atoms with Crippen LogP contribution in [0.5, 0.6) is 5.75 Å². The molecule has 0 heterocycles. The van der Waals surface area contributed by atoms with Crippen LogP contribution in [0.2, 0.25) is 0 Å². The van der Waals surface area contributed by atoms with Gasteiger partial charge in [-0.25, -0.2) is 12.7 Å². The maximum absolute atomic E-state index is 12.4. The number of anilines is 1. The number of benzene rings is 2. The van der Waals surface area contributed by atoms with Crippen molar-refractivity contribution in [1.29, 1.82) is 0 Å². The Bertz CT molecular complexity index is 861. The van der Waals surface area contributed by atoms with E-state index >= 15 is 0 Å². The van der Waals surface area contributed by atoms with Gasteiger partial charge >= 0.3 is 0 Å². The van der Waals surface area contributed by atoms with Crippen LogP contribution in [0.3, 0.4) is 0 Å². The molecule has 0 fully saturated rings. The van der Waals surface area contributed by atoms with E-state index in [1.807, 2.05) is 13.0 Å². The van der Waals surface area contributed by atoms with E-state index in [-0.39, 0.29) is 16.6 Å². The largest absolute Gasteiger partial charge is 0.495 e. The Morgan fingerprint density at radius 2 is 1.83 bits per heavy atom. The van der Waals surface area contributed by atoms with E-state index in [0.29, 0.717) is 11.3 Å². The second-order valence-corrected chi connectivity index (χ2v) is 7.60. The molecule has 7 heteroatoms. The van der Waals surface area contributed by atoms with Crippen LogP contribution in [-0.4, -0.2) is 39.8 Å². The Hall–Kier alpha value is -2.38. The quantitative estimate of drug-likeness (QED) is 0.901. The number of nitrogens with zero attached hydrogens (tertiary/aromatic N) is 1. The van der Waals surface area contributed by atoms with E-state index in [2.05, 4.69) is 5.32 Å². The van der Waals surface area contributed by atoms with Crippen LogP contribution in [0, 0.1) is 6.92 Å². The normalized spacial score (nSPS) is 11.4. The molecule has 0 aromatic heterocycles. The molecule has 0 unspecified atom stereocenters. The van der Waals surface area contributed by atoms with Gasteiger partial charge in [0.2, 0.25) is 10.0 Å². The number of methoxy groups -OCH3 is 1. The van der Waals surface area contributed by atoms with Crippen LogP contribution < -0.4 is 10.1 Å². The molecule has 0 saturated heterocycles. The lowest BCUT2D eigenvalue weighted by molar-refractivity contribution is 0.102. The van der Waals surface area contributed by atoms with Gasteiger partial charge in [-0.1, -0.05) is 17.7 Å². The number of aryl methyl sites for hydroxylation is 1.